The van der Waals surface area contributed by atoms with Crippen LogP contribution in [-0.4, -0.2) is 25.6 Å². The van der Waals surface area contributed by atoms with Gasteiger partial charge in [0, 0.05) is 23.9 Å². The van der Waals surface area contributed by atoms with E-state index in [9.17, 15) is 20.2 Å². The molecule has 11 heteroatoms. The predicted octanol–water partition coefficient (Wildman–Crippen LogP) is 5.01. The Kier molecular flexibility index (Phi) is 5.41. The van der Waals surface area contributed by atoms with Crippen LogP contribution < -0.4 is 0 Å². The molecule has 0 fully saturated rings. The van der Waals surface area contributed by atoms with Crippen LogP contribution >= 0.6 is 23.1 Å². The van der Waals surface area contributed by atoms with E-state index >= 15 is 0 Å². The summed E-state index contributed by atoms with van der Waals surface area (Å²) in [6.45, 7) is 3.50. The van der Waals surface area contributed by atoms with E-state index in [1.807, 2.05) is 6.07 Å². The van der Waals surface area contributed by atoms with Crippen molar-refractivity contribution in [3.8, 4) is 6.07 Å². The highest BCUT2D eigenvalue weighted by Crippen LogP contribution is 2.36. The van der Waals surface area contributed by atoms with E-state index in [-0.39, 0.29) is 11.3 Å². The van der Waals surface area contributed by atoms with Gasteiger partial charge < -0.3 is 4.42 Å². The van der Waals surface area contributed by atoms with E-state index in [2.05, 4.69) is 10.1 Å². The standard InChI is InChI=1S/C20H13N5O4S2/c1-11-7-12(2)24(23-11)19(26)13(10-21)8-15-4-6-18(29-15)31-20-22-16-5-3-14(25(27)28)9-17(16)30-20/h3-9H,1-2H3/b13-8+. The molecule has 0 aliphatic heterocycles. The van der Waals surface area contributed by atoms with Crippen molar-refractivity contribution in [3.05, 3.63) is 69.2 Å². The quantitative estimate of drug-likeness (QED) is 0.179. The first-order chi connectivity index (χ1) is 14.8. The minimum Gasteiger partial charge on any atom is -0.450 e. The number of furan rings is 1. The van der Waals surface area contributed by atoms with E-state index in [1.165, 1.54) is 46.0 Å². The first-order valence-corrected chi connectivity index (χ1v) is 10.5. The second-order valence-corrected chi connectivity index (χ2v) is 8.74. The van der Waals surface area contributed by atoms with Crippen LogP contribution in [0.5, 0.6) is 0 Å². The number of nitro benzene ring substituents is 1. The zero-order valence-corrected chi connectivity index (χ0v) is 17.9. The SMILES string of the molecule is Cc1cc(C)n(C(=O)/C(C#N)=C/c2ccc(Sc3nc4ccc([N+](=O)[O-])cc4s3)o2)n1. The lowest BCUT2D eigenvalue weighted by atomic mass is 10.2. The fraction of sp³-hybridized carbons (Fsp3) is 0.100. The van der Waals surface area contributed by atoms with Gasteiger partial charge in [-0.3, -0.25) is 14.9 Å². The van der Waals surface area contributed by atoms with E-state index in [4.69, 9.17) is 4.42 Å². The summed E-state index contributed by atoms with van der Waals surface area (Å²) in [5, 5.41) is 25.0. The summed E-state index contributed by atoms with van der Waals surface area (Å²) in [7, 11) is 0. The molecule has 1 aromatic carbocycles. The molecule has 0 N–H and O–H groups in total. The number of carbonyl (C=O) groups excluding carboxylic acids is 1. The Labute approximate surface area is 183 Å². The second-order valence-electron chi connectivity index (χ2n) is 6.46. The number of fused-ring (bicyclic) bond motifs is 1. The van der Waals surface area contributed by atoms with Gasteiger partial charge in [-0.05, 0) is 49.9 Å². The summed E-state index contributed by atoms with van der Waals surface area (Å²) in [5.41, 5.74) is 1.88. The van der Waals surface area contributed by atoms with Crippen LogP contribution in [0, 0.1) is 35.3 Å². The molecule has 9 nitrogen and oxygen atoms in total. The summed E-state index contributed by atoms with van der Waals surface area (Å²) in [5.74, 6) is -0.197. The van der Waals surface area contributed by atoms with Gasteiger partial charge in [0.15, 0.2) is 9.43 Å². The molecule has 3 aromatic heterocycles. The molecule has 0 unspecified atom stereocenters. The van der Waals surface area contributed by atoms with Crippen molar-refractivity contribution in [1.29, 1.82) is 5.26 Å². The summed E-state index contributed by atoms with van der Waals surface area (Å²) in [4.78, 5) is 27.5. The van der Waals surface area contributed by atoms with Crippen LogP contribution in [0.25, 0.3) is 16.3 Å². The summed E-state index contributed by atoms with van der Waals surface area (Å²) in [6.07, 6.45) is 1.37. The topological polar surface area (TPSA) is 128 Å². The highest BCUT2D eigenvalue weighted by molar-refractivity contribution is 8.01. The number of hydrogen-bond donors (Lipinski definition) is 0. The Hall–Kier alpha value is -3.75. The first-order valence-electron chi connectivity index (χ1n) is 8.86. The fourth-order valence-electron chi connectivity index (χ4n) is 2.83. The van der Waals surface area contributed by atoms with Crippen molar-refractivity contribution >= 4 is 51.0 Å². The highest BCUT2D eigenvalue weighted by Gasteiger charge is 2.17. The number of thiazole rings is 1. The predicted molar refractivity (Wildman–Crippen MR) is 115 cm³/mol. The maximum absolute atomic E-state index is 12.6. The molecule has 0 bridgehead atoms. The zero-order chi connectivity index (χ0) is 22.1. The van der Waals surface area contributed by atoms with Crippen LogP contribution in [-0.2, 0) is 0 Å². The molecule has 0 saturated heterocycles. The third kappa shape index (κ3) is 4.25. The number of rotatable bonds is 5. The molecule has 0 spiro atoms. The minimum absolute atomic E-state index is 0.00874. The van der Waals surface area contributed by atoms with Gasteiger partial charge in [0.1, 0.15) is 17.4 Å². The normalized spacial score (nSPS) is 11.6. The third-order valence-corrected chi connectivity index (χ3v) is 6.19. The Morgan fingerprint density at radius 3 is 2.81 bits per heavy atom. The summed E-state index contributed by atoms with van der Waals surface area (Å²) < 4.78 is 8.25. The molecular weight excluding hydrogens is 438 g/mol. The van der Waals surface area contributed by atoms with Gasteiger partial charge in [-0.15, -0.1) is 11.3 Å². The van der Waals surface area contributed by atoms with Crippen molar-refractivity contribution in [1.82, 2.24) is 14.8 Å². The largest absolute Gasteiger partial charge is 0.450 e. The number of carbonyl (C=O) groups is 1. The lowest BCUT2D eigenvalue weighted by Gasteiger charge is -2.00. The average Bonchev–Trinajstić information content (AvgIpc) is 3.43. The molecule has 0 aliphatic rings. The van der Waals surface area contributed by atoms with E-state index in [0.29, 0.717) is 36.8 Å². The molecular formula is C20H13N5O4S2. The van der Waals surface area contributed by atoms with E-state index < -0.39 is 10.8 Å². The molecule has 3 heterocycles. The van der Waals surface area contributed by atoms with Gasteiger partial charge in [-0.2, -0.15) is 10.4 Å². The number of nitriles is 1. The van der Waals surface area contributed by atoms with Crippen molar-refractivity contribution in [3.63, 3.8) is 0 Å². The highest BCUT2D eigenvalue weighted by atomic mass is 32.2. The lowest BCUT2D eigenvalue weighted by Crippen LogP contribution is -2.15. The molecule has 31 heavy (non-hydrogen) atoms. The minimum atomic E-state index is -0.536. The van der Waals surface area contributed by atoms with E-state index in [0.717, 1.165) is 0 Å². The monoisotopic (exact) mass is 451 g/mol. The second kappa shape index (κ2) is 8.17. The third-order valence-electron chi connectivity index (χ3n) is 4.19. The molecule has 0 atom stereocenters. The van der Waals surface area contributed by atoms with Gasteiger partial charge in [0.2, 0.25) is 0 Å². The van der Waals surface area contributed by atoms with Crippen LogP contribution in [0.2, 0.25) is 0 Å². The van der Waals surface area contributed by atoms with E-state index in [1.54, 1.807) is 38.1 Å². The number of nitro groups is 1. The number of nitrogens with zero attached hydrogens (tertiary/aromatic N) is 5. The van der Waals surface area contributed by atoms with Gasteiger partial charge in [-0.25, -0.2) is 9.67 Å². The first kappa shape index (κ1) is 20.5. The number of aryl methyl sites for hydroxylation is 2. The van der Waals surface area contributed by atoms with Crippen LogP contribution in [0.15, 0.2) is 55.8 Å². The number of aromatic nitrogens is 3. The van der Waals surface area contributed by atoms with Gasteiger partial charge in [0.05, 0.1) is 20.8 Å². The van der Waals surface area contributed by atoms with Crippen molar-refractivity contribution < 1.29 is 14.1 Å². The number of allylic oxidation sites excluding steroid dienone is 1. The smallest absolute Gasteiger partial charge is 0.289 e. The number of benzene rings is 1. The Morgan fingerprint density at radius 2 is 2.13 bits per heavy atom. The van der Waals surface area contributed by atoms with Crippen molar-refractivity contribution in [2.24, 2.45) is 0 Å². The van der Waals surface area contributed by atoms with Crippen LogP contribution in [0.1, 0.15) is 21.9 Å². The maximum atomic E-state index is 12.6. The van der Waals surface area contributed by atoms with Gasteiger partial charge >= 0.3 is 0 Å². The Bertz CT molecular complexity index is 1410. The molecule has 4 aromatic rings. The summed E-state index contributed by atoms with van der Waals surface area (Å²) in [6, 6.07) is 11.5. The molecule has 0 radical (unpaired) electrons. The van der Waals surface area contributed by atoms with Crippen LogP contribution in [0.4, 0.5) is 5.69 Å². The fourth-order valence-corrected chi connectivity index (χ4v) is 4.84. The molecule has 0 saturated carbocycles. The lowest BCUT2D eigenvalue weighted by molar-refractivity contribution is -0.384. The number of hydrogen-bond acceptors (Lipinski definition) is 9. The maximum Gasteiger partial charge on any atom is 0.289 e. The van der Waals surface area contributed by atoms with Gasteiger partial charge in [-0.1, -0.05) is 0 Å². The molecule has 4 rings (SSSR count). The van der Waals surface area contributed by atoms with Crippen molar-refractivity contribution in [2.75, 3.05) is 0 Å². The molecule has 0 amide bonds. The summed E-state index contributed by atoms with van der Waals surface area (Å²) >= 11 is 2.56. The Morgan fingerprint density at radius 1 is 1.32 bits per heavy atom. The zero-order valence-electron chi connectivity index (χ0n) is 16.2. The average molecular weight is 451 g/mol. The number of non-ortho nitro benzene ring substituents is 1. The van der Waals surface area contributed by atoms with Crippen molar-refractivity contribution in [2.45, 2.75) is 23.3 Å². The Balaban J connectivity index is 1.55. The van der Waals surface area contributed by atoms with Gasteiger partial charge in [0.25, 0.3) is 11.6 Å². The molecule has 154 valence electrons. The molecule has 0 aliphatic carbocycles. The van der Waals surface area contributed by atoms with Crippen LogP contribution in [0.3, 0.4) is 0 Å².